The highest BCUT2D eigenvalue weighted by Gasteiger charge is 2.08. The molecular weight excluding hydrogens is 258 g/mol. The van der Waals surface area contributed by atoms with Gasteiger partial charge in [-0.25, -0.2) is 4.98 Å². The van der Waals surface area contributed by atoms with E-state index in [9.17, 15) is 4.79 Å². The highest BCUT2D eigenvalue weighted by molar-refractivity contribution is 5.75. The Kier molecular flexibility index (Phi) is 5.28. The molecule has 0 aliphatic carbocycles. The van der Waals surface area contributed by atoms with E-state index in [4.69, 9.17) is 4.52 Å². The van der Waals surface area contributed by atoms with Crippen LogP contribution in [0.2, 0.25) is 0 Å². The van der Waals surface area contributed by atoms with E-state index in [1.807, 2.05) is 0 Å². The van der Waals surface area contributed by atoms with Gasteiger partial charge >= 0.3 is 0 Å². The Balaban J connectivity index is 1.64. The molecular formula is C13H19N5O2. The van der Waals surface area contributed by atoms with Gasteiger partial charge in [-0.2, -0.15) is 4.98 Å². The van der Waals surface area contributed by atoms with Crippen LogP contribution in [0.15, 0.2) is 16.9 Å². The summed E-state index contributed by atoms with van der Waals surface area (Å²) < 4.78 is 5.07. The molecule has 108 valence electrons. The highest BCUT2D eigenvalue weighted by atomic mass is 16.5. The third kappa shape index (κ3) is 4.49. The summed E-state index contributed by atoms with van der Waals surface area (Å²) in [5, 5.41) is 6.68. The molecule has 0 aliphatic heterocycles. The molecule has 7 nitrogen and oxygen atoms in total. The van der Waals surface area contributed by atoms with Crippen molar-refractivity contribution in [3.8, 4) is 0 Å². The number of carbonyl (C=O) groups excluding carboxylic acids is 1. The van der Waals surface area contributed by atoms with Gasteiger partial charge in [0.05, 0.1) is 0 Å². The largest absolute Gasteiger partial charge is 0.356 e. The van der Waals surface area contributed by atoms with Crippen LogP contribution in [0, 0.1) is 0 Å². The molecule has 2 heterocycles. The molecule has 0 saturated heterocycles. The molecule has 0 saturated carbocycles. The number of rotatable bonds is 8. The van der Waals surface area contributed by atoms with Gasteiger partial charge < -0.3 is 14.8 Å². The zero-order valence-corrected chi connectivity index (χ0v) is 11.6. The van der Waals surface area contributed by atoms with E-state index in [0.29, 0.717) is 37.5 Å². The molecule has 7 heteroatoms. The maximum absolute atomic E-state index is 11.6. The molecule has 0 aromatic carbocycles. The van der Waals surface area contributed by atoms with E-state index in [1.165, 1.54) is 0 Å². The number of aryl methyl sites for hydroxylation is 2. The summed E-state index contributed by atoms with van der Waals surface area (Å²) in [6.45, 7) is 2.62. The molecule has 2 aromatic heterocycles. The van der Waals surface area contributed by atoms with E-state index in [0.717, 1.165) is 18.7 Å². The second kappa shape index (κ2) is 7.42. The van der Waals surface area contributed by atoms with Gasteiger partial charge in [-0.1, -0.05) is 12.1 Å². The fraction of sp³-hybridized carbons (Fsp3) is 0.538. The minimum atomic E-state index is -0.0215. The molecule has 2 aromatic rings. The topological polar surface area (TPSA) is 96.7 Å². The second-order valence-electron chi connectivity index (χ2n) is 4.49. The van der Waals surface area contributed by atoms with Crippen LogP contribution in [0.1, 0.15) is 37.3 Å². The van der Waals surface area contributed by atoms with Crippen LogP contribution in [0.4, 0.5) is 0 Å². The fourth-order valence-electron chi connectivity index (χ4n) is 1.78. The monoisotopic (exact) mass is 277 g/mol. The first kappa shape index (κ1) is 14.2. The lowest BCUT2D eigenvalue weighted by molar-refractivity contribution is -0.121. The minimum Gasteiger partial charge on any atom is -0.356 e. The zero-order valence-electron chi connectivity index (χ0n) is 11.6. The predicted molar refractivity (Wildman–Crippen MR) is 71.9 cm³/mol. The van der Waals surface area contributed by atoms with Gasteiger partial charge in [0.15, 0.2) is 5.82 Å². The van der Waals surface area contributed by atoms with Crippen molar-refractivity contribution in [2.75, 3.05) is 6.54 Å². The van der Waals surface area contributed by atoms with Crippen molar-refractivity contribution >= 4 is 5.91 Å². The number of nitrogens with one attached hydrogen (secondary N) is 2. The zero-order chi connectivity index (χ0) is 14.2. The van der Waals surface area contributed by atoms with Crippen LogP contribution >= 0.6 is 0 Å². The molecule has 0 fully saturated rings. The quantitative estimate of drug-likeness (QED) is 0.751. The number of imidazole rings is 1. The summed E-state index contributed by atoms with van der Waals surface area (Å²) in [6, 6.07) is 0. The van der Waals surface area contributed by atoms with Crippen molar-refractivity contribution in [3.05, 3.63) is 29.9 Å². The van der Waals surface area contributed by atoms with Gasteiger partial charge in [0, 0.05) is 44.6 Å². The van der Waals surface area contributed by atoms with E-state index in [-0.39, 0.29) is 5.91 Å². The lowest BCUT2D eigenvalue weighted by atomic mass is 10.3. The number of carbonyl (C=O) groups is 1. The molecule has 0 atom stereocenters. The SMILES string of the molecule is CCCc1noc(CCC(=O)NCCc2ncc[nH]2)n1. The standard InChI is InChI=1S/C13H19N5O2/c1-2-3-11-17-13(20-18-11)5-4-12(19)16-7-6-10-14-8-9-15-10/h8-9H,2-7H2,1H3,(H,14,15)(H,16,19). The normalized spacial score (nSPS) is 10.7. The lowest BCUT2D eigenvalue weighted by Crippen LogP contribution is -2.26. The Morgan fingerprint density at radius 3 is 3.05 bits per heavy atom. The Bertz CT molecular complexity index is 521. The van der Waals surface area contributed by atoms with E-state index < -0.39 is 0 Å². The Labute approximate surface area is 117 Å². The highest BCUT2D eigenvalue weighted by Crippen LogP contribution is 2.03. The first-order valence-corrected chi connectivity index (χ1v) is 6.84. The summed E-state index contributed by atoms with van der Waals surface area (Å²) in [4.78, 5) is 22.9. The molecule has 2 N–H and O–H groups in total. The van der Waals surface area contributed by atoms with E-state index in [1.54, 1.807) is 12.4 Å². The maximum Gasteiger partial charge on any atom is 0.227 e. The van der Waals surface area contributed by atoms with E-state index in [2.05, 4.69) is 32.3 Å². The summed E-state index contributed by atoms with van der Waals surface area (Å²) in [5.41, 5.74) is 0. The van der Waals surface area contributed by atoms with Crippen LogP contribution in [0.5, 0.6) is 0 Å². The van der Waals surface area contributed by atoms with Crippen molar-refractivity contribution in [2.24, 2.45) is 0 Å². The first-order chi connectivity index (χ1) is 9.78. The van der Waals surface area contributed by atoms with Crippen LogP contribution in [-0.4, -0.2) is 32.6 Å². The molecule has 0 aliphatic rings. The molecule has 1 amide bonds. The summed E-state index contributed by atoms with van der Waals surface area (Å²) in [7, 11) is 0. The van der Waals surface area contributed by atoms with Crippen LogP contribution in [-0.2, 0) is 24.1 Å². The number of H-pyrrole nitrogens is 1. The Morgan fingerprint density at radius 2 is 2.30 bits per heavy atom. The van der Waals surface area contributed by atoms with Crippen LogP contribution in [0.3, 0.4) is 0 Å². The van der Waals surface area contributed by atoms with Gasteiger partial charge in [-0.15, -0.1) is 0 Å². The first-order valence-electron chi connectivity index (χ1n) is 6.84. The van der Waals surface area contributed by atoms with Crippen LogP contribution < -0.4 is 5.32 Å². The molecule has 20 heavy (non-hydrogen) atoms. The summed E-state index contributed by atoms with van der Waals surface area (Å²) in [5.74, 6) is 2.08. The number of aromatic amines is 1. The number of amides is 1. The van der Waals surface area contributed by atoms with Crippen molar-refractivity contribution in [1.82, 2.24) is 25.4 Å². The fourth-order valence-corrected chi connectivity index (χ4v) is 1.78. The van der Waals surface area contributed by atoms with Gasteiger partial charge in [0.1, 0.15) is 5.82 Å². The third-order valence-electron chi connectivity index (χ3n) is 2.79. The number of aromatic nitrogens is 4. The average Bonchev–Trinajstić information content (AvgIpc) is 3.08. The van der Waals surface area contributed by atoms with Gasteiger partial charge in [0.25, 0.3) is 0 Å². The van der Waals surface area contributed by atoms with Crippen LogP contribution in [0.25, 0.3) is 0 Å². The number of hydrogen-bond donors (Lipinski definition) is 2. The molecule has 2 rings (SSSR count). The molecule has 0 unspecified atom stereocenters. The molecule has 0 bridgehead atoms. The maximum atomic E-state index is 11.6. The van der Waals surface area contributed by atoms with Crippen molar-refractivity contribution in [3.63, 3.8) is 0 Å². The van der Waals surface area contributed by atoms with Gasteiger partial charge in [-0.3, -0.25) is 4.79 Å². The average molecular weight is 277 g/mol. The molecule has 0 radical (unpaired) electrons. The Hall–Kier alpha value is -2.18. The summed E-state index contributed by atoms with van der Waals surface area (Å²) >= 11 is 0. The second-order valence-corrected chi connectivity index (χ2v) is 4.49. The number of nitrogens with zero attached hydrogens (tertiary/aromatic N) is 3. The molecule has 0 spiro atoms. The van der Waals surface area contributed by atoms with Gasteiger partial charge in [-0.05, 0) is 6.42 Å². The smallest absolute Gasteiger partial charge is 0.227 e. The van der Waals surface area contributed by atoms with Crippen molar-refractivity contribution in [2.45, 2.75) is 39.0 Å². The van der Waals surface area contributed by atoms with Crippen molar-refractivity contribution < 1.29 is 9.32 Å². The number of hydrogen-bond acceptors (Lipinski definition) is 5. The predicted octanol–water partition coefficient (Wildman–Crippen LogP) is 1.04. The minimum absolute atomic E-state index is 0.0215. The lowest BCUT2D eigenvalue weighted by Gasteiger charge is -2.02. The third-order valence-corrected chi connectivity index (χ3v) is 2.79. The van der Waals surface area contributed by atoms with Gasteiger partial charge in [0.2, 0.25) is 11.8 Å². The van der Waals surface area contributed by atoms with E-state index >= 15 is 0 Å². The summed E-state index contributed by atoms with van der Waals surface area (Å²) in [6.07, 6.45) is 6.77. The van der Waals surface area contributed by atoms with Crippen molar-refractivity contribution in [1.29, 1.82) is 0 Å². The Morgan fingerprint density at radius 1 is 1.40 bits per heavy atom.